The van der Waals surface area contributed by atoms with E-state index >= 15 is 0 Å². The van der Waals surface area contributed by atoms with E-state index in [1.807, 2.05) is 0 Å². The molecule has 0 aliphatic rings. The zero-order valence-corrected chi connectivity index (χ0v) is 7.40. The van der Waals surface area contributed by atoms with Gasteiger partial charge in [0.1, 0.15) is 6.26 Å². The lowest BCUT2D eigenvalue weighted by Crippen LogP contribution is -1.99. The van der Waals surface area contributed by atoms with Crippen LogP contribution in [0.3, 0.4) is 0 Å². The van der Waals surface area contributed by atoms with Gasteiger partial charge in [-0.1, -0.05) is 0 Å². The quantitative estimate of drug-likeness (QED) is 0.519. The van der Waals surface area contributed by atoms with Crippen LogP contribution < -0.4 is 4.74 Å². The third-order valence-corrected chi connectivity index (χ3v) is 1.31. The number of carbonyl (C=O) groups excluding carboxylic acids is 1. The van der Waals surface area contributed by atoms with E-state index in [9.17, 15) is 4.79 Å². The predicted molar refractivity (Wildman–Crippen MR) is 42.6 cm³/mol. The zero-order chi connectivity index (χ0) is 9.68. The van der Waals surface area contributed by atoms with Crippen molar-refractivity contribution in [2.24, 2.45) is 0 Å². The molecule has 1 heterocycles. The molecule has 5 nitrogen and oxygen atoms in total. The van der Waals surface area contributed by atoms with Crippen molar-refractivity contribution in [3.8, 4) is 5.75 Å². The Balaban J connectivity index is 2.58. The van der Waals surface area contributed by atoms with Gasteiger partial charge in [-0.2, -0.15) is 0 Å². The molecule has 0 saturated carbocycles. The van der Waals surface area contributed by atoms with Gasteiger partial charge in [0.2, 0.25) is 5.76 Å². The first-order chi connectivity index (χ1) is 6.27. The van der Waals surface area contributed by atoms with Crippen molar-refractivity contribution in [3.63, 3.8) is 0 Å². The minimum absolute atomic E-state index is 0.105. The van der Waals surface area contributed by atoms with Crippen molar-refractivity contribution < 1.29 is 23.4 Å². The van der Waals surface area contributed by atoms with Crippen LogP contribution in [0.4, 0.5) is 0 Å². The van der Waals surface area contributed by atoms with Gasteiger partial charge >= 0.3 is 5.97 Å². The van der Waals surface area contributed by atoms with Crippen LogP contribution in [0.15, 0.2) is 16.7 Å². The number of hydrogen-bond acceptors (Lipinski definition) is 5. The SMILES string of the molecule is COCOc1coc(C(=O)OC)c1. The highest BCUT2D eigenvalue weighted by Crippen LogP contribution is 2.16. The molecule has 1 aromatic rings. The Bertz CT molecular complexity index is 278. The first kappa shape index (κ1) is 9.60. The van der Waals surface area contributed by atoms with E-state index in [0.717, 1.165) is 0 Å². The number of hydrogen-bond donors (Lipinski definition) is 0. The van der Waals surface area contributed by atoms with Crippen LogP contribution in [0.2, 0.25) is 0 Å². The lowest BCUT2D eigenvalue weighted by molar-refractivity contribution is 0.0506. The van der Waals surface area contributed by atoms with Crippen LogP contribution in [0.5, 0.6) is 5.75 Å². The lowest BCUT2D eigenvalue weighted by Gasteiger charge is -1.97. The fourth-order valence-electron chi connectivity index (χ4n) is 0.729. The van der Waals surface area contributed by atoms with Gasteiger partial charge in [0, 0.05) is 13.2 Å². The highest BCUT2D eigenvalue weighted by atomic mass is 16.7. The van der Waals surface area contributed by atoms with Crippen LogP contribution in [-0.4, -0.2) is 27.0 Å². The summed E-state index contributed by atoms with van der Waals surface area (Å²) >= 11 is 0. The third kappa shape index (κ3) is 2.48. The Morgan fingerprint density at radius 2 is 2.31 bits per heavy atom. The number of furan rings is 1. The fourth-order valence-corrected chi connectivity index (χ4v) is 0.729. The smallest absolute Gasteiger partial charge is 0.374 e. The van der Waals surface area contributed by atoms with Gasteiger partial charge in [0.15, 0.2) is 12.5 Å². The minimum atomic E-state index is -0.535. The van der Waals surface area contributed by atoms with Gasteiger partial charge in [0.05, 0.1) is 7.11 Å². The van der Waals surface area contributed by atoms with Crippen molar-refractivity contribution in [1.29, 1.82) is 0 Å². The Kier molecular flexibility index (Phi) is 3.33. The van der Waals surface area contributed by atoms with E-state index in [4.69, 9.17) is 9.15 Å². The van der Waals surface area contributed by atoms with Crippen molar-refractivity contribution in [2.45, 2.75) is 0 Å². The molecule has 5 heteroatoms. The first-order valence-electron chi connectivity index (χ1n) is 3.56. The van der Waals surface area contributed by atoms with Crippen LogP contribution >= 0.6 is 0 Å². The molecule has 0 aliphatic carbocycles. The highest BCUT2D eigenvalue weighted by Gasteiger charge is 2.11. The summed E-state index contributed by atoms with van der Waals surface area (Å²) in [6.07, 6.45) is 1.31. The Morgan fingerprint density at radius 1 is 1.54 bits per heavy atom. The molecule has 0 aliphatic heterocycles. The summed E-state index contributed by atoms with van der Waals surface area (Å²) in [6.45, 7) is 0.111. The zero-order valence-electron chi connectivity index (χ0n) is 7.40. The van der Waals surface area contributed by atoms with E-state index in [1.54, 1.807) is 0 Å². The maximum absolute atomic E-state index is 10.9. The normalized spacial score (nSPS) is 9.69. The molecule has 0 saturated heterocycles. The first-order valence-corrected chi connectivity index (χ1v) is 3.56. The van der Waals surface area contributed by atoms with Gasteiger partial charge < -0.3 is 18.6 Å². The van der Waals surface area contributed by atoms with Crippen LogP contribution in [-0.2, 0) is 9.47 Å². The molecule has 0 unspecified atom stereocenters. The molecule has 1 rings (SSSR count). The van der Waals surface area contributed by atoms with Gasteiger partial charge in [0.25, 0.3) is 0 Å². The minimum Gasteiger partial charge on any atom is -0.464 e. The number of rotatable bonds is 4. The molecule has 13 heavy (non-hydrogen) atoms. The summed E-state index contributed by atoms with van der Waals surface area (Å²) in [7, 11) is 2.78. The van der Waals surface area contributed by atoms with E-state index in [2.05, 4.69) is 9.47 Å². The van der Waals surface area contributed by atoms with Crippen LogP contribution in [0, 0.1) is 0 Å². The van der Waals surface area contributed by atoms with Crippen molar-refractivity contribution in [2.75, 3.05) is 21.0 Å². The monoisotopic (exact) mass is 186 g/mol. The van der Waals surface area contributed by atoms with E-state index in [1.165, 1.54) is 26.5 Å². The summed E-state index contributed by atoms with van der Waals surface area (Å²) < 4.78 is 19.0. The Hall–Kier alpha value is -1.49. The molecule has 0 bridgehead atoms. The summed E-state index contributed by atoms with van der Waals surface area (Å²) in [4.78, 5) is 10.9. The summed E-state index contributed by atoms with van der Waals surface area (Å²) in [5.41, 5.74) is 0. The molecule has 0 atom stereocenters. The molecule has 72 valence electrons. The molecule has 0 fully saturated rings. The van der Waals surface area contributed by atoms with Crippen molar-refractivity contribution in [1.82, 2.24) is 0 Å². The van der Waals surface area contributed by atoms with E-state index in [0.29, 0.717) is 5.75 Å². The molecule has 0 radical (unpaired) electrons. The maximum Gasteiger partial charge on any atom is 0.374 e. The topological polar surface area (TPSA) is 57.9 Å². The molecule has 0 spiro atoms. The average Bonchev–Trinajstić information content (AvgIpc) is 2.62. The van der Waals surface area contributed by atoms with E-state index < -0.39 is 5.97 Å². The highest BCUT2D eigenvalue weighted by molar-refractivity contribution is 5.86. The van der Waals surface area contributed by atoms with Crippen molar-refractivity contribution in [3.05, 3.63) is 18.1 Å². The van der Waals surface area contributed by atoms with Gasteiger partial charge in [-0.15, -0.1) is 0 Å². The largest absolute Gasteiger partial charge is 0.464 e. The second-order valence-electron chi connectivity index (χ2n) is 2.19. The fraction of sp³-hybridized carbons (Fsp3) is 0.375. The van der Waals surface area contributed by atoms with E-state index in [-0.39, 0.29) is 12.6 Å². The number of ether oxygens (including phenoxy) is 3. The Morgan fingerprint density at radius 3 is 2.92 bits per heavy atom. The molecular weight excluding hydrogens is 176 g/mol. The molecule has 0 amide bonds. The van der Waals surface area contributed by atoms with Crippen molar-refractivity contribution >= 4 is 5.97 Å². The molecule has 0 aromatic carbocycles. The molecule has 1 aromatic heterocycles. The second kappa shape index (κ2) is 4.51. The van der Waals surface area contributed by atoms with Gasteiger partial charge in [-0.05, 0) is 0 Å². The van der Waals surface area contributed by atoms with Gasteiger partial charge in [-0.3, -0.25) is 0 Å². The standard InChI is InChI=1S/C8H10O5/c1-10-5-13-6-3-7(12-4-6)8(9)11-2/h3-4H,5H2,1-2H3. The predicted octanol–water partition coefficient (Wildman–Crippen LogP) is 1.05. The number of carbonyl (C=O) groups is 1. The number of methoxy groups -OCH3 is 2. The summed E-state index contributed by atoms with van der Waals surface area (Å²) in [5, 5.41) is 0. The number of esters is 1. The van der Waals surface area contributed by atoms with Gasteiger partial charge in [-0.25, -0.2) is 4.79 Å². The second-order valence-corrected chi connectivity index (χ2v) is 2.19. The van der Waals surface area contributed by atoms with Crippen LogP contribution in [0.25, 0.3) is 0 Å². The summed E-state index contributed by atoms with van der Waals surface area (Å²) in [6, 6.07) is 1.44. The summed E-state index contributed by atoms with van der Waals surface area (Å²) in [5.74, 6) is 0.00289. The molecule has 0 N–H and O–H groups in total. The molecular formula is C8H10O5. The average molecular weight is 186 g/mol. The maximum atomic E-state index is 10.9. The Labute approximate surface area is 75.2 Å². The third-order valence-electron chi connectivity index (χ3n) is 1.31. The lowest BCUT2D eigenvalue weighted by atomic mass is 10.4. The van der Waals surface area contributed by atoms with Crippen LogP contribution in [0.1, 0.15) is 10.6 Å².